The van der Waals surface area contributed by atoms with Crippen LogP contribution in [0.5, 0.6) is 0 Å². The maximum absolute atomic E-state index is 11.9. The third-order valence-corrected chi connectivity index (χ3v) is 3.45. The number of hydrogen-bond acceptors (Lipinski definition) is 6. The van der Waals surface area contributed by atoms with Crippen molar-refractivity contribution < 1.29 is 29.4 Å². The van der Waals surface area contributed by atoms with Gasteiger partial charge in [0, 0.05) is 30.1 Å². The first kappa shape index (κ1) is 19.0. The molecule has 0 heterocycles. The smallest absolute Gasteiger partial charge is 0.136 e. The zero-order valence-electron chi connectivity index (χ0n) is 12.7. The Morgan fingerprint density at radius 1 is 0.905 bits per heavy atom. The number of aliphatic carboxylic acids is 2. The van der Waals surface area contributed by atoms with Gasteiger partial charge in [-0.1, -0.05) is 34.3 Å². The minimum atomic E-state index is -2.26. The molecule has 0 unspecified atom stereocenters. The van der Waals surface area contributed by atoms with E-state index in [2.05, 4.69) is 6.58 Å². The van der Waals surface area contributed by atoms with Crippen LogP contribution in [0.2, 0.25) is 0 Å². The van der Waals surface area contributed by atoms with E-state index in [9.17, 15) is 29.4 Å². The number of carbonyl (C=O) groups excluding carboxylic acids is 4. The molecule has 0 N–H and O–H groups in total. The lowest BCUT2D eigenvalue weighted by molar-refractivity contribution is -0.322. The van der Waals surface area contributed by atoms with Crippen molar-refractivity contribution in [2.75, 3.05) is 0 Å². The molecule has 0 bridgehead atoms. The molecule has 0 aliphatic rings. The van der Waals surface area contributed by atoms with E-state index in [4.69, 9.17) is 0 Å². The zero-order valence-corrected chi connectivity index (χ0v) is 12.7. The van der Waals surface area contributed by atoms with Gasteiger partial charge in [0.05, 0.1) is 11.9 Å². The Bertz CT molecular complexity index is 451. The van der Waals surface area contributed by atoms with Crippen LogP contribution in [0.1, 0.15) is 40.5 Å². The van der Waals surface area contributed by atoms with E-state index >= 15 is 0 Å². The molecule has 0 aliphatic carbocycles. The molecule has 6 heteroatoms. The van der Waals surface area contributed by atoms with E-state index in [0.29, 0.717) is 0 Å². The van der Waals surface area contributed by atoms with Crippen LogP contribution in [0.3, 0.4) is 0 Å². The normalized spacial score (nSPS) is 11.5. The van der Waals surface area contributed by atoms with Crippen molar-refractivity contribution in [1.82, 2.24) is 0 Å². The summed E-state index contributed by atoms with van der Waals surface area (Å²) in [5.74, 6) is -5.61. The average Bonchev–Trinajstić information content (AvgIpc) is 2.35. The highest BCUT2D eigenvalue weighted by molar-refractivity contribution is 6.01. The fourth-order valence-corrected chi connectivity index (χ4v) is 1.74. The van der Waals surface area contributed by atoms with Gasteiger partial charge < -0.3 is 19.8 Å². The fourth-order valence-electron chi connectivity index (χ4n) is 1.74. The van der Waals surface area contributed by atoms with E-state index in [1.165, 1.54) is 0 Å². The minimum absolute atomic E-state index is 0.488. The van der Waals surface area contributed by atoms with Crippen molar-refractivity contribution >= 4 is 23.5 Å². The van der Waals surface area contributed by atoms with Crippen LogP contribution in [-0.2, 0) is 19.2 Å². The lowest BCUT2D eigenvalue weighted by Gasteiger charge is -2.37. The van der Waals surface area contributed by atoms with Gasteiger partial charge in [-0.2, -0.15) is 0 Å². The van der Waals surface area contributed by atoms with E-state index < -0.39 is 59.2 Å². The first-order valence-electron chi connectivity index (χ1n) is 6.63. The summed E-state index contributed by atoms with van der Waals surface area (Å²) in [4.78, 5) is 46.3. The van der Waals surface area contributed by atoms with Crippen molar-refractivity contribution in [3.8, 4) is 0 Å². The molecule has 0 fully saturated rings. The molecular formula is C15H20O6-2. The largest absolute Gasteiger partial charge is 0.549 e. The lowest BCUT2D eigenvalue weighted by Crippen LogP contribution is -2.50. The molecule has 0 rings (SSSR count). The maximum atomic E-state index is 11.9. The Hall–Kier alpha value is -1.98. The van der Waals surface area contributed by atoms with Gasteiger partial charge >= 0.3 is 0 Å². The summed E-state index contributed by atoms with van der Waals surface area (Å²) < 4.78 is 0. The molecule has 6 nitrogen and oxygen atoms in total. The maximum Gasteiger partial charge on any atom is 0.136 e. The highest BCUT2D eigenvalue weighted by Crippen LogP contribution is 2.36. The predicted molar refractivity (Wildman–Crippen MR) is 70.5 cm³/mol. The van der Waals surface area contributed by atoms with Crippen molar-refractivity contribution in [3.63, 3.8) is 0 Å². The van der Waals surface area contributed by atoms with Crippen LogP contribution >= 0.6 is 0 Å². The molecule has 0 aromatic rings. The summed E-state index contributed by atoms with van der Waals surface area (Å²) in [6, 6.07) is 0. The van der Waals surface area contributed by atoms with Crippen molar-refractivity contribution in [2.24, 2.45) is 17.3 Å². The summed E-state index contributed by atoms with van der Waals surface area (Å²) in [6.45, 7) is 9.39. The molecular weight excluding hydrogens is 276 g/mol. The molecule has 0 amide bonds. The van der Waals surface area contributed by atoms with Crippen LogP contribution in [0, 0.1) is 17.3 Å². The van der Waals surface area contributed by atoms with Gasteiger partial charge in [0.2, 0.25) is 0 Å². The predicted octanol–water partition coefficient (Wildman–Crippen LogP) is -0.741. The first-order valence-corrected chi connectivity index (χ1v) is 6.63. The Balaban J connectivity index is 5.83. The Morgan fingerprint density at radius 2 is 1.24 bits per heavy atom. The van der Waals surface area contributed by atoms with Crippen molar-refractivity contribution in [1.29, 1.82) is 0 Å². The number of carboxylic acid groups (broad SMARTS) is 2. The topological polar surface area (TPSA) is 114 Å². The lowest BCUT2D eigenvalue weighted by atomic mass is 9.70. The van der Waals surface area contributed by atoms with Gasteiger partial charge in [-0.25, -0.2) is 0 Å². The molecule has 0 aliphatic heterocycles. The fraction of sp³-hybridized carbons (Fsp3) is 0.600. The molecule has 0 aromatic heterocycles. The second-order valence-electron chi connectivity index (χ2n) is 5.73. The highest BCUT2D eigenvalue weighted by atomic mass is 16.4. The van der Waals surface area contributed by atoms with Gasteiger partial charge in [-0.05, 0) is 5.57 Å². The summed E-state index contributed by atoms with van der Waals surface area (Å²) in [5.41, 5.74) is -3.08. The highest BCUT2D eigenvalue weighted by Gasteiger charge is 2.40. The second-order valence-corrected chi connectivity index (χ2v) is 5.73. The third-order valence-electron chi connectivity index (χ3n) is 3.45. The molecule has 0 saturated heterocycles. The number of ketones is 2. The number of carbonyl (C=O) groups is 4. The Morgan fingerprint density at radius 3 is 1.43 bits per heavy atom. The van der Waals surface area contributed by atoms with E-state index in [0.717, 1.165) is 0 Å². The number of carboxylic acids is 2. The SMILES string of the molecule is C=C(C(=O)[O-])C(CC(=O)C(C)C)(CC(=O)C(C)C)C(=O)[O-]. The van der Waals surface area contributed by atoms with Gasteiger partial charge in [-0.15, -0.1) is 0 Å². The van der Waals surface area contributed by atoms with Crippen molar-refractivity contribution in [3.05, 3.63) is 12.2 Å². The average molecular weight is 296 g/mol. The molecule has 0 atom stereocenters. The number of Topliss-reactive ketones (excluding diaryl/α,β-unsaturated/α-hetero) is 2. The quantitative estimate of drug-likeness (QED) is 0.518. The van der Waals surface area contributed by atoms with Gasteiger partial charge in [0.25, 0.3) is 0 Å². The second kappa shape index (κ2) is 7.15. The third kappa shape index (κ3) is 4.51. The molecule has 0 radical (unpaired) electrons. The summed E-state index contributed by atoms with van der Waals surface area (Å²) in [5, 5.41) is 22.5. The Kier molecular flexibility index (Phi) is 6.48. The molecule has 21 heavy (non-hydrogen) atoms. The molecule has 0 saturated carbocycles. The number of hydrogen-bond donors (Lipinski definition) is 0. The van der Waals surface area contributed by atoms with Gasteiger partial charge in [0.1, 0.15) is 11.6 Å². The van der Waals surface area contributed by atoms with E-state index in [-0.39, 0.29) is 0 Å². The summed E-state index contributed by atoms with van der Waals surface area (Å²) in [6.07, 6.45) is -1.31. The van der Waals surface area contributed by atoms with Crippen LogP contribution in [0.4, 0.5) is 0 Å². The Labute approximate surface area is 123 Å². The van der Waals surface area contributed by atoms with Gasteiger partial charge in [0.15, 0.2) is 0 Å². The van der Waals surface area contributed by atoms with Crippen LogP contribution in [-0.4, -0.2) is 23.5 Å². The molecule has 118 valence electrons. The molecule has 0 spiro atoms. The van der Waals surface area contributed by atoms with Gasteiger partial charge in [-0.3, -0.25) is 9.59 Å². The van der Waals surface area contributed by atoms with E-state index in [1.54, 1.807) is 27.7 Å². The molecule has 0 aromatic carbocycles. The van der Waals surface area contributed by atoms with Crippen LogP contribution in [0.15, 0.2) is 12.2 Å². The monoisotopic (exact) mass is 296 g/mol. The van der Waals surface area contributed by atoms with Crippen molar-refractivity contribution in [2.45, 2.75) is 40.5 Å². The zero-order chi connectivity index (χ0) is 17.0. The van der Waals surface area contributed by atoms with Crippen LogP contribution < -0.4 is 10.2 Å². The van der Waals surface area contributed by atoms with E-state index in [1.807, 2.05) is 0 Å². The number of rotatable bonds is 9. The van der Waals surface area contributed by atoms with Crippen LogP contribution in [0.25, 0.3) is 0 Å². The summed E-state index contributed by atoms with van der Waals surface area (Å²) in [7, 11) is 0. The first-order chi connectivity index (χ1) is 9.45. The summed E-state index contributed by atoms with van der Waals surface area (Å²) >= 11 is 0. The minimum Gasteiger partial charge on any atom is -0.549 e. The standard InChI is InChI=1S/C15H22O6/c1-8(2)11(16)6-15(14(20)21,10(5)13(18)19)7-12(17)9(3)4/h8-9H,5-7H2,1-4H3,(H,18,19)(H,20,21)/p-2.